The van der Waals surface area contributed by atoms with E-state index in [2.05, 4.69) is 24.2 Å². The average Bonchev–Trinajstić information content (AvgIpc) is 2.37. The fourth-order valence-corrected chi connectivity index (χ4v) is 2.96. The molecular formula is C14H30N2O. The van der Waals surface area contributed by atoms with Gasteiger partial charge in [-0.2, -0.15) is 0 Å². The Labute approximate surface area is 107 Å². The summed E-state index contributed by atoms with van der Waals surface area (Å²) in [5, 5.41) is 12.6. The molecule has 2 N–H and O–H groups in total. The van der Waals surface area contributed by atoms with Gasteiger partial charge in [0.25, 0.3) is 0 Å². The van der Waals surface area contributed by atoms with Crippen molar-refractivity contribution in [1.82, 2.24) is 10.2 Å². The summed E-state index contributed by atoms with van der Waals surface area (Å²) < 4.78 is 0. The summed E-state index contributed by atoms with van der Waals surface area (Å²) in [6.45, 7) is 5.66. The molecule has 0 bridgehead atoms. The number of hydrogen-bond donors (Lipinski definition) is 2. The first-order valence-corrected chi connectivity index (χ1v) is 7.32. The van der Waals surface area contributed by atoms with Crippen molar-refractivity contribution in [2.24, 2.45) is 5.92 Å². The van der Waals surface area contributed by atoms with Crippen LogP contribution in [-0.4, -0.2) is 49.3 Å². The van der Waals surface area contributed by atoms with Crippen LogP contribution in [0.3, 0.4) is 0 Å². The molecule has 3 heteroatoms. The molecule has 1 saturated carbocycles. The first-order valence-electron chi connectivity index (χ1n) is 7.32. The van der Waals surface area contributed by atoms with Gasteiger partial charge in [-0.15, -0.1) is 0 Å². The van der Waals surface area contributed by atoms with Crippen LogP contribution in [0.15, 0.2) is 0 Å². The van der Waals surface area contributed by atoms with Crippen LogP contribution in [0.4, 0.5) is 0 Å². The van der Waals surface area contributed by atoms with Crippen molar-refractivity contribution in [2.45, 2.75) is 51.5 Å². The Morgan fingerprint density at radius 2 is 2.00 bits per heavy atom. The highest BCUT2D eigenvalue weighted by atomic mass is 16.3. The standard InChI is InChI=1S/C14H30N2O/c1-3-4-9-16(10-11-17)12-13-7-5-6-8-14(13)15-2/h13-15,17H,3-12H2,1-2H3. The highest BCUT2D eigenvalue weighted by Crippen LogP contribution is 2.25. The summed E-state index contributed by atoms with van der Waals surface area (Å²) in [6, 6.07) is 0.687. The molecule has 0 aliphatic heterocycles. The van der Waals surface area contributed by atoms with Crippen LogP contribution in [0.25, 0.3) is 0 Å². The SMILES string of the molecule is CCCCN(CCO)CC1CCCCC1NC. The van der Waals surface area contributed by atoms with E-state index in [1.54, 1.807) is 0 Å². The van der Waals surface area contributed by atoms with E-state index in [1.807, 2.05) is 0 Å². The molecule has 0 aromatic heterocycles. The molecule has 0 spiro atoms. The molecule has 0 saturated heterocycles. The molecule has 1 fully saturated rings. The Bertz CT molecular complexity index is 187. The van der Waals surface area contributed by atoms with E-state index in [-0.39, 0.29) is 0 Å². The Morgan fingerprint density at radius 3 is 2.65 bits per heavy atom. The number of aliphatic hydroxyl groups is 1. The molecule has 0 aromatic carbocycles. The number of unbranched alkanes of at least 4 members (excludes halogenated alkanes) is 1. The average molecular weight is 242 g/mol. The van der Waals surface area contributed by atoms with Gasteiger partial charge in [-0.3, -0.25) is 0 Å². The number of hydrogen-bond acceptors (Lipinski definition) is 3. The van der Waals surface area contributed by atoms with Gasteiger partial charge < -0.3 is 15.3 Å². The molecule has 0 amide bonds. The minimum absolute atomic E-state index is 0.292. The molecule has 102 valence electrons. The van der Waals surface area contributed by atoms with Crippen molar-refractivity contribution in [3.05, 3.63) is 0 Å². The lowest BCUT2D eigenvalue weighted by atomic mass is 9.84. The third kappa shape index (κ3) is 5.36. The first kappa shape index (κ1) is 14.9. The summed E-state index contributed by atoms with van der Waals surface area (Å²) in [6.07, 6.45) is 7.90. The maximum absolute atomic E-state index is 9.13. The Balaban J connectivity index is 2.39. The van der Waals surface area contributed by atoms with Crippen molar-refractivity contribution in [3.63, 3.8) is 0 Å². The lowest BCUT2D eigenvalue weighted by Crippen LogP contribution is -2.43. The zero-order valence-corrected chi connectivity index (χ0v) is 11.6. The summed E-state index contributed by atoms with van der Waals surface area (Å²) >= 11 is 0. The second-order valence-electron chi connectivity index (χ2n) is 5.32. The van der Waals surface area contributed by atoms with E-state index in [4.69, 9.17) is 5.11 Å². The van der Waals surface area contributed by atoms with Crippen molar-refractivity contribution in [1.29, 1.82) is 0 Å². The van der Waals surface area contributed by atoms with Crippen LogP contribution in [0.1, 0.15) is 45.4 Å². The number of nitrogens with zero attached hydrogens (tertiary/aromatic N) is 1. The van der Waals surface area contributed by atoms with Gasteiger partial charge in [0.05, 0.1) is 6.61 Å². The zero-order chi connectivity index (χ0) is 12.5. The van der Waals surface area contributed by atoms with Gasteiger partial charge in [0.1, 0.15) is 0 Å². The van der Waals surface area contributed by atoms with Crippen molar-refractivity contribution in [3.8, 4) is 0 Å². The number of nitrogens with one attached hydrogen (secondary N) is 1. The van der Waals surface area contributed by atoms with Crippen LogP contribution in [0.5, 0.6) is 0 Å². The smallest absolute Gasteiger partial charge is 0.0558 e. The zero-order valence-electron chi connectivity index (χ0n) is 11.6. The molecule has 2 atom stereocenters. The second kappa shape index (κ2) is 8.90. The highest BCUT2D eigenvalue weighted by molar-refractivity contribution is 4.82. The largest absolute Gasteiger partial charge is 0.395 e. The normalized spacial score (nSPS) is 25.4. The third-order valence-corrected chi connectivity index (χ3v) is 4.02. The van der Waals surface area contributed by atoms with E-state index in [9.17, 15) is 0 Å². The molecule has 0 radical (unpaired) electrons. The first-order chi connectivity index (χ1) is 8.31. The molecule has 2 unspecified atom stereocenters. The van der Waals surface area contributed by atoms with Crippen molar-refractivity contribution < 1.29 is 5.11 Å². The van der Waals surface area contributed by atoms with Crippen LogP contribution in [0.2, 0.25) is 0 Å². The predicted molar refractivity (Wildman–Crippen MR) is 73.2 cm³/mol. The molecule has 1 aliphatic rings. The summed E-state index contributed by atoms with van der Waals surface area (Å²) in [5.74, 6) is 0.775. The van der Waals surface area contributed by atoms with E-state index >= 15 is 0 Å². The topological polar surface area (TPSA) is 35.5 Å². The van der Waals surface area contributed by atoms with Gasteiger partial charge >= 0.3 is 0 Å². The Kier molecular flexibility index (Phi) is 7.82. The number of aliphatic hydroxyl groups excluding tert-OH is 1. The minimum atomic E-state index is 0.292. The van der Waals surface area contributed by atoms with E-state index in [0.717, 1.165) is 25.6 Å². The fraction of sp³-hybridized carbons (Fsp3) is 1.00. The Morgan fingerprint density at radius 1 is 1.24 bits per heavy atom. The highest BCUT2D eigenvalue weighted by Gasteiger charge is 2.25. The van der Waals surface area contributed by atoms with Gasteiger partial charge in [0.15, 0.2) is 0 Å². The lowest BCUT2D eigenvalue weighted by Gasteiger charge is -2.35. The van der Waals surface area contributed by atoms with Gasteiger partial charge in [-0.25, -0.2) is 0 Å². The molecule has 1 aliphatic carbocycles. The van der Waals surface area contributed by atoms with Crippen molar-refractivity contribution in [2.75, 3.05) is 33.3 Å². The van der Waals surface area contributed by atoms with E-state index < -0.39 is 0 Å². The molecule has 0 heterocycles. The predicted octanol–water partition coefficient (Wildman–Crippen LogP) is 1.86. The number of rotatable bonds is 8. The second-order valence-corrected chi connectivity index (χ2v) is 5.32. The molecule has 3 nitrogen and oxygen atoms in total. The Hall–Kier alpha value is -0.120. The van der Waals surface area contributed by atoms with Crippen LogP contribution < -0.4 is 5.32 Å². The van der Waals surface area contributed by atoms with Gasteiger partial charge in [0, 0.05) is 19.1 Å². The minimum Gasteiger partial charge on any atom is -0.395 e. The maximum atomic E-state index is 9.13. The summed E-state index contributed by atoms with van der Waals surface area (Å²) in [5.41, 5.74) is 0. The third-order valence-electron chi connectivity index (χ3n) is 4.02. The molecule has 1 rings (SSSR count). The maximum Gasteiger partial charge on any atom is 0.0558 e. The van der Waals surface area contributed by atoms with Crippen molar-refractivity contribution >= 4 is 0 Å². The van der Waals surface area contributed by atoms with Gasteiger partial charge in [-0.05, 0) is 38.8 Å². The van der Waals surface area contributed by atoms with Crippen LogP contribution in [0, 0.1) is 5.92 Å². The van der Waals surface area contributed by atoms with Crippen LogP contribution >= 0.6 is 0 Å². The van der Waals surface area contributed by atoms with E-state index in [1.165, 1.54) is 38.5 Å². The van der Waals surface area contributed by atoms with Gasteiger partial charge in [-0.1, -0.05) is 26.2 Å². The van der Waals surface area contributed by atoms with Crippen LogP contribution in [-0.2, 0) is 0 Å². The lowest BCUT2D eigenvalue weighted by molar-refractivity contribution is 0.142. The summed E-state index contributed by atoms with van der Waals surface area (Å²) in [4.78, 5) is 2.45. The molecule has 17 heavy (non-hydrogen) atoms. The molecular weight excluding hydrogens is 212 g/mol. The monoisotopic (exact) mass is 242 g/mol. The van der Waals surface area contributed by atoms with E-state index in [0.29, 0.717) is 12.6 Å². The summed E-state index contributed by atoms with van der Waals surface area (Å²) in [7, 11) is 2.09. The van der Waals surface area contributed by atoms with Gasteiger partial charge in [0.2, 0.25) is 0 Å². The quantitative estimate of drug-likeness (QED) is 0.682. The fourth-order valence-electron chi connectivity index (χ4n) is 2.96. The molecule has 0 aromatic rings.